The predicted octanol–water partition coefficient (Wildman–Crippen LogP) is 0.730. The first-order valence-corrected chi connectivity index (χ1v) is 2.94. The van der Waals surface area contributed by atoms with Gasteiger partial charge in [0.25, 0.3) is 0 Å². The van der Waals surface area contributed by atoms with Crippen LogP contribution in [0.4, 0.5) is 0 Å². The van der Waals surface area contributed by atoms with Gasteiger partial charge < -0.3 is 5.01 Å². The van der Waals surface area contributed by atoms with Crippen molar-refractivity contribution in [3.8, 4) is 0 Å². The number of hydrogen-bond acceptors (Lipinski definition) is 2. The average Bonchev–Trinajstić information content (AvgIpc) is 1.77. The van der Waals surface area contributed by atoms with E-state index in [1.54, 1.807) is 0 Å². The van der Waals surface area contributed by atoms with Crippen LogP contribution in [-0.2, 0) is 0 Å². The van der Waals surface area contributed by atoms with Gasteiger partial charge in [0.1, 0.15) is 0 Å². The fraction of sp³-hybridized carbons (Fsp3) is 0.667. The third kappa shape index (κ3) is 1.01. The highest BCUT2D eigenvalue weighted by atomic mass is 15.5. The second-order valence-corrected chi connectivity index (χ2v) is 2.10. The fourth-order valence-corrected chi connectivity index (χ4v) is 0.775. The standard InChI is InChI=1S/C6H12N2/c1-6-4-3-5-7-8(6)2/h4,7H,3,5H2,1-2H3. The molecule has 0 aliphatic carbocycles. The van der Waals surface area contributed by atoms with Crippen molar-refractivity contribution >= 4 is 0 Å². The molecule has 0 saturated carbocycles. The highest BCUT2D eigenvalue weighted by Crippen LogP contribution is 2.02. The van der Waals surface area contributed by atoms with Crippen molar-refractivity contribution in [1.82, 2.24) is 10.4 Å². The van der Waals surface area contributed by atoms with E-state index in [2.05, 4.69) is 18.4 Å². The molecule has 2 heteroatoms. The lowest BCUT2D eigenvalue weighted by atomic mass is 10.3. The number of nitrogens with zero attached hydrogens (tertiary/aromatic N) is 1. The van der Waals surface area contributed by atoms with Crippen molar-refractivity contribution in [3.05, 3.63) is 11.8 Å². The second kappa shape index (κ2) is 2.18. The van der Waals surface area contributed by atoms with E-state index in [9.17, 15) is 0 Å². The van der Waals surface area contributed by atoms with Gasteiger partial charge in [0.15, 0.2) is 0 Å². The Morgan fingerprint density at radius 3 is 2.88 bits per heavy atom. The van der Waals surface area contributed by atoms with Gasteiger partial charge in [-0.3, -0.25) is 0 Å². The minimum Gasteiger partial charge on any atom is -0.316 e. The van der Waals surface area contributed by atoms with E-state index in [4.69, 9.17) is 0 Å². The van der Waals surface area contributed by atoms with Crippen molar-refractivity contribution in [1.29, 1.82) is 0 Å². The zero-order chi connectivity index (χ0) is 5.98. The summed E-state index contributed by atoms with van der Waals surface area (Å²) in [5, 5.41) is 2.05. The van der Waals surface area contributed by atoms with Crippen LogP contribution in [-0.4, -0.2) is 18.6 Å². The van der Waals surface area contributed by atoms with Crippen LogP contribution >= 0.6 is 0 Å². The smallest absolute Gasteiger partial charge is 0.0228 e. The molecular formula is C6H12N2. The van der Waals surface area contributed by atoms with E-state index < -0.39 is 0 Å². The third-order valence-electron chi connectivity index (χ3n) is 1.46. The first kappa shape index (κ1) is 5.63. The minimum absolute atomic E-state index is 1.08. The molecule has 2 nitrogen and oxygen atoms in total. The van der Waals surface area contributed by atoms with Crippen LogP contribution in [0.3, 0.4) is 0 Å². The van der Waals surface area contributed by atoms with Gasteiger partial charge >= 0.3 is 0 Å². The summed E-state index contributed by atoms with van der Waals surface area (Å²) in [7, 11) is 2.03. The van der Waals surface area contributed by atoms with Crippen LogP contribution in [0.2, 0.25) is 0 Å². The second-order valence-electron chi connectivity index (χ2n) is 2.10. The highest BCUT2D eigenvalue weighted by molar-refractivity contribution is 4.97. The van der Waals surface area contributed by atoms with Crippen molar-refractivity contribution in [3.63, 3.8) is 0 Å². The lowest BCUT2D eigenvalue weighted by molar-refractivity contribution is 0.286. The Bertz CT molecular complexity index is 107. The van der Waals surface area contributed by atoms with Crippen molar-refractivity contribution in [2.24, 2.45) is 0 Å². The van der Waals surface area contributed by atoms with Gasteiger partial charge in [-0.2, -0.15) is 0 Å². The Morgan fingerprint density at radius 1 is 1.75 bits per heavy atom. The first-order chi connectivity index (χ1) is 3.80. The van der Waals surface area contributed by atoms with Crippen LogP contribution in [0.15, 0.2) is 11.8 Å². The molecule has 1 rings (SSSR count). The van der Waals surface area contributed by atoms with Crippen molar-refractivity contribution in [2.45, 2.75) is 13.3 Å². The zero-order valence-electron chi connectivity index (χ0n) is 5.44. The van der Waals surface area contributed by atoms with Crippen LogP contribution in [0.5, 0.6) is 0 Å². The van der Waals surface area contributed by atoms with Gasteiger partial charge in [-0.05, 0) is 13.3 Å². The van der Waals surface area contributed by atoms with Crippen molar-refractivity contribution in [2.75, 3.05) is 13.6 Å². The molecule has 0 aromatic rings. The fourth-order valence-electron chi connectivity index (χ4n) is 0.775. The first-order valence-electron chi connectivity index (χ1n) is 2.94. The largest absolute Gasteiger partial charge is 0.316 e. The lowest BCUT2D eigenvalue weighted by Gasteiger charge is -2.24. The molecule has 1 N–H and O–H groups in total. The maximum Gasteiger partial charge on any atom is 0.0228 e. The summed E-state index contributed by atoms with van der Waals surface area (Å²) in [6, 6.07) is 0. The molecule has 0 aromatic carbocycles. The summed E-state index contributed by atoms with van der Waals surface area (Å²) in [6.07, 6.45) is 3.40. The maximum absolute atomic E-state index is 3.20. The normalized spacial score (nSPS) is 20.8. The van der Waals surface area contributed by atoms with E-state index in [0.29, 0.717) is 0 Å². The summed E-state index contributed by atoms with van der Waals surface area (Å²) in [6.45, 7) is 3.18. The third-order valence-corrected chi connectivity index (χ3v) is 1.46. The van der Waals surface area contributed by atoms with E-state index in [0.717, 1.165) is 13.0 Å². The van der Waals surface area contributed by atoms with E-state index in [1.807, 2.05) is 12.1 Å². The molecule has 0 atom stereocenters. The van der Waals surface area contributed by atoms with Gasteiger partial charge in [-0.25, -0.2) is 5.43 Å². The molecule has 0 amide bonds. The van der Waals surface area contributed by atoms with E-state index in [-0.39, 0.29) is 0 Å². The Balaban J connectivity index is 2.53. The molecule has 0 bridgehead atoms. The monoisotopic (exact) mass is 112 g/mol. The number of rotatable bonds is 0. The Hall–Kier alpha value is -0.500. The molecule has 0 fully saturated rings. The minimum atomic E-state index is 1.08. The molecule has 0 aromatic heterocycles. The van der Waals surface area contributed by atoms with Gasteiger partial charge in [0.05, 0.1) is 0 Å². The number of nitrogens with one attached hydrogen (secondary N) is 1. The summed E-state index contributed by atoms with van der Waals surface area (Å²) in [5.41, 5.74) is 4.51. The summed E-state index contributed by atoms with van der Waals surface area (Å²) in [5.74, 6) is 0. The summed E-state index contributed by atoms with van der Waals surface area (Å²) in [4.78, 5) is 0. The summed E-state index contributed by atoms with van der Waals surface area (Å²) < 4.78 is 0. The van der Waals surface area contributed by atoms with Crippen LogP contribution < -0.4 is 5.43 Å². The average molecular weight is 112 g/mol. The Kier molecular flexibility index (Phi) is 1.53. The van der Waals surface area contributed by atoms with E-state index in [1.165, 1.54) is 5.70 Å². The van der Waals surface area contributed by atoms with Gasteiger partial charge in [-0.15, -0.1) is 0 Å². The topological polar surface area (TPSA) is 15.3 Å². The van der Waals surface area contributed by atoms with Crippen LogP contribution in [0, 0.1) is 0 Å². The Labute approximate surface area is 50.1 Å². The van der Waals surface area contributed by atoms with Gasteiger partial charge in [-0.1, -0.05) is 6.08 Å². The highest BCUT2D eigenvalue weighted by Gasteiger charge is 2.00. The molecular weight excluding hydrogens is 100 g/mol. The number of hydrogen-bond donors (Lipinski definition) is 1. The molecule has 1 heterocycles. The molecule has 0 unspecified atom stereocenters. The summed E-state index contributed by atoms with van der Waals surface area (Å²) >= 11 is 0. The van der Waals surface area contributed by atoms with E-state index >= 15 is 0 Å². The molecule has 0 spiro atoms. The SMILES string of the molecule is CC1=CCCNN1C. The van der Waals surface area contributed by atoms with Crippen molar-refractivity contribution < 1.29 is 0 Å². The molecule has 8 heavy (non-hydrogen) atoms. The molecule has 46 valence electrons. The number of allylic oxidation sites excluding steroid dienone is 1. The molecule has 1 aliphatic heterocycles. The lowest BCUT2D eigenvalue weighted by Crippen LogP contribution is -2.36. The van der Waals surface area contributed by atoms with Gasteiger partial charge in [0, 0.05) is 19.3 Å². The molecule has 1 aliphatic rings. The number of hydrazine groups is 1. The quantitative estimate of drug-likeness (QED) is 0.497. The van der Waals surface area contributed by atoms with Crippen LogP contribution in [0.25, 0.3) is 0 Å². The molecule has 0 saturated heterocycles. The zero-order valence-corrected chi connectivity index (χ0v) is 5.44. The van der Waals surface area contributed by atoms with Crippen LogP contribution in [0.1, 0.15) is 13.3 Å². The molecule has 0 radical (unpaired) electrons. The van der Waals surface area contributed by atoms with Gasteiger partial charge in [0.2, 0.25) is 0 Å². The predicted molar refractivity (Wildman–Crippen MR) is 34.1 cm³/mol. The maximum atomic E-state index is 3.20. The Morgan fingerprint density at radius 2 is 2.50 bits per heavy atom.